The lowest BCUT2D eigenvalue weighted by molar-refractivity contribution is -0.122. The molecule has 0 aliphatic heterocycles. The van der Waals surface area contributed by atoms with Crippen LogP contribution in [0.1, 0.15) is 12.5 Å². The van der Waals surface area contributed by atoms with Crippen molar-refractivity contribution < 1.29 is 18.7 Å². The maximum absolute atomic E-state index is 12.1. The highest BCUT2D eigenvalue weighted by Crippen LogP contribution is 2.25. The molecule has 0 bridgehead atoms. The molecule has 4 nitrogen and oxygen atoms in total. The van der Waals surface area contributed by atoms with Crippen LogP contribution in [0.15, 0.2) is 18.2 Å². The van der Waals surface area contributed by atoms with Gasteiger partial charge in [0.05, 0.1) is 14.2 Å². The predicted molar refractivity (Wildman–Crippen MR) is 66.8 cm³/mol. The Labute approximate surface area is 106 Å². The van der Waals surface area contributed by atoms with Crippen LogP contribution in [-0.4, -0.2) is 32.8 Å². The second-order valence-electron chi connectivity index (χ2n) is 3.98. The van der Waals surface area contributed by atoms with Crippen molar-refractivity contribution in [3.8, 4) is 11.5 Å². The minimum atomic E-state index is -1.00. The summed E-state index contributed by atoms with van der Waals surface area (Å²) >= 11 is 0. The average molecular weight is 255 g/mol. The maximum atomic E-state index is 12.1. The highest BCUT2D eigenvalue weighted by atomic mass is 19.1. The third-order valence-electron chi connectivity index (χ3n) is 2.54. The summed E-state index contributed by atoms with van der Waals surface area (Å²) in [5, 5.41) is 2.56. The molecule has 0 aromatic heterocycles. The van der Waals surface area contributed by atoms with Gasteiger partial charge in [-0.1, -0.05) is 0 Å². The van der Waals surface area contributed by atoms with Gasteiger partial charge in [-0.3, -0.25) is 4.79 Å². The number of hydrogen-bond donors (Lipinski definition) is 1. The van der Waals surface area contributed by atoms with Crippen LogP contribution in [0.5, 0.6) is 11.5 Å². The van der Waals surface area contributed by atoms with E-state index in [0.717, 1.165) is 17.1 Å². The standard InChI is InChI=1S/C13H18FNO3/c1-9(15-13(16)8-14)6-10-7-11(17-2)4-5-12(10)18-3/h4-5,7,9H,6,8H2,1-3H3,(H,15,16). The largest absolute Gasteiger partial charge is 0.497 e. The summed E-state index contributed by atoms with van der Waals surface area (Å²) in [7, 11) is 3.16. The molecular formula is C13H18FNO3. The van der Waals surface area contributed by atoms with Gasteiger partial charge in [0.25, 0.3) is 5.91 Å². The Bertz CT molecular complexity index is 409. The molecule has 1 N–H and O–H groups in total. The van der Waals surface area contributed by atoms with Gasteiger partial charge in [0.2, 0.25) is 0 Å². The van der Waals surface area contributed by atoms with E-state index in [9.17, 15) is 9.18 Å². The van der Waals surface area contributed by atoms with E-state index < -0.39 is 12.6 Å². The van der Waals surface area contributed by atoms with Crippen LogP contribution in [0.2, 0.25) is 0 Å². The van der Waals surface area contributed by atoms with E-state index in [-0.39, 0.29) is 6.04 Å². The molecule has 100 valence electrons. The molecule has 0 saturated heterocycles. The van der Waals surface area contributed by atoms with Gasteiger partial charge in [0, 0.05) is 6.04 Å². The van der Waals surface area contributed by atoms with Crippen LogP contribution in [-0.2, 0) is 11.2 Å². The smallest absolute Gasteiger partial charge is 0.251 e. The number of amides is 1. The molecule has 1 rings (SSSR count). The zero-order chi connectivity index (χ0) is 13.5. The fourth-order valence-corrected chi connectivity index (χ4v) is 1.74. The van der Waals surface area contributed by atoms with Crippen LogP contribution < -0.4 is 14.8 Å². The van der Waals surface area contributed by atoms with Gasteiger partial charge in [0.1, 0.15) is 11.5 Å². The molecule has 0 aliphatic carbocycles. The summed E-state index contributed by atoms with van der Waals surface area (Å²) in [5.41, 5.74) is 0.906. The van der Waals surface area contributed by atoms with E-state index in [2.05, 4.69) is 5.32 Å². The number of benzene rings is 1. The lowest BCUT2D eigenvalue weighted by Crippen LogP contribution is -2.35. The molecule has 1 aromatic carbocycles. The Morgan fingerprint density at radius 1 is 1.39 bits per heavy atom. The highest BCUT2D eigenvalue weighted by Gasteiger charge is 2.11. The van der Waals surface area contributed by atoms with Gasteiger partial charge in [-0.15, -0.1) is 0 Å². The third-order valence-corrected chi connectivity index (χ3v) is 2.54. The van der Waals surface area contributed by atoms with Crippen molar-refractivity contribution >= 4 is 5.91 Å². The van der Waals surface area contributed by atoms with Gasteiger partial charge < -0.3 is 14.8 Å². The van der Waals surface area contributed by atoms with Gasteiger partial charge in [-0.25, -0.2) is 4.39 Å². The highest BCUT2D eigenvalue weighted by molar-refractivity contribution is 5.77. The SMILES string of the molecule is COc1ccc(OC)c(CC(C)NC(=O)CF)c1. The maximum Gasteiger partial charge on any atom is 0.251 e. The van der Waals surface area contributed by atoms with Crippen LogP contribution in [0.25, 0.3) is 0 Å². The molecule has 5 heteroatoms. The summed E-state index contributed by atoms with van der Waals surface area (Å²) in [6, 6.07) is 5.27. The second-order valence-corrected chi connectivity index (χ2v) is 3.98. The first-order valence-corrected chi connectivity index (χ1v) is 5.67. The number of alkyl halides is 1. The van der Waals surface area contributed by atoms with Crippen molar-refractivity contribution in [2.75, 3.05) is 20.9 Å². The average Bonchev–Trinajstić information content (AvgIpc) is 2.38. The van der Waals surface area contributed by atoms with Crippen LogP contribution in [0.4, 0.5) is 4.39 Å². The number of halogens is 1. The zero-order valence-electron chi connectivity index (χ0n) is 10.8. The molecule has 1 unspecified atom stereocenters. The number of carbonyl (C=O) groups excluding carboxylic acids is 1. The summed E-state index contributed by atoms with van der Waals surface area (Å²) < 4.78 is 22.5. The van der Waals surface area contributed by atoms with E-state index >= 15 is 0 Å². The van der Waals surface area contributed by atoms with Gasteiger partial charge in [-0.05, 0) is 37.1 Å². The van der Waals surface area contributed by atoms with Crippen molar-refractivity contribution in [2.45, 2.75) is 19.4 Å². The first-order valence-electron chi connectivity index (χ1n) is 5.67. The molecule has 0 spiro atoms. The minimum Gasteiger partial charge on any atom is -0.497 e. The fraction of sp³-hybridized carbons (Fsp3) is 0.462. The molecule has 1 amide bonds. The Morgan fingerprint density at radius 2 is 2.11 bits per heavy atom. The Balaban J connectivity index is 2.78. The first kappa shape index (κ1) is 14.3. The number of hydrogen-bond acceptors (Lipinski definition) is 3. The molecule has 0 saturated carbocycles. The minimum absolute atomic E-state index is 0.172. The monoisotopic (exact) mass is 255 g/mol. The van der Waals surface area contributed by atoms with E-state index in [4.69, 9.17) is 9.47 Å². The van der Waals surface area contributed by atoms with Gasteiger partial charge >= 0.3 is 0 Å². The summed E-state index contributed by atoms with van der Waals surface area (Å²) in [4.78, 5) is 10.9. The Morgan fingerprint density at radius 3 is 2.67 bits per heavy atom. The van der Waals surface area contributed by atoms with E-state index in [0.29, 0.717) is 6.42 Å². The quantitative estimate of drug-likeness (QED) is 0.842. The van der Waals surface area contributed by atoms with Crippen molar-refractivity contribution in [3.05, 3.63) is 23.8 Å². The zero-order valence-corrected chi connectivity index (χ0v) is 10.8. The molecule has 0 heterocycles. The number of rotatable bonds is 6. The van der Waals surface area contributed by atoms with Crippen molar-refractivity contribution in [2.24, 2.45) is 0 Å². The molecule has 1 atom stereocenters. The molecule has 18 heavy (non-hydrogen) atoms. The Hall–Kier alpha value is -1.78. The molecule has 0 aliphatic rings. The molecule has 0 fully saturated rings. The number of carbonyl (C=O) groups is 1. The van der Waals surface area contributed by atoms with E-state index in [1.807, 2.05) is 13.0 Å². The van der Waals surface area contributed by atoms with Gasteiger partial charge in [-0.2, -0.15) is 0 Å². The van der Waals surface area contributed by atoms with Crippen molar-refractivity contribution in [3.63, 3.8) is 0 Å². The topological polar surface area (TPSA) is 47.6 Å². The fourth-order valence-electron chi connectivity index (χ4n) is 1.74. The number of ether oxygens (including phenoxy) is 2. The number of methoxy groups -OCH3 is 2. The molecule has 1 aromatic rings. The lowest BCUT2D eigenvalue weighted by Gasteiger charge is -2.16. The summed E-state index contributed by atoms with van der Waals surface area (Å²) in [6.07, 6.45) is 0.548. The number of nitrogens with one attached hydrogen (secondary N) is 1. The predicted octanol–water partition coefficient (Wildman–Crippen LogP) is 1.72. The summed E-state index contributed by atoms with van der Waals surface area (Å²) in [6.45, 7) is 0.812. The molecular weight excluding hydrogens is 237 g/mol. The van der Waals surface area contributed by atoms with E-state index in [1.165, 1.54) is 0 Å². The Kier molecular flexibility index (Phi) is 5.42. The van der Waals surface area contributed by atoms with E-state index in [1.54, 1.807) is 26.4 Å². The second kappa shape index (κ2) is 6.83. The van der Waals surface area contributed by atoms with Crippen LogP contribution in [0, 0.1) is 0 Å². The third kappa shape index (κ3) is 3.91. The van der Waals surface area contributed by atoms with Crippen LogP contribution in [0.3, 0.4) is 0 Å². The van der Waals surface area contributed by atoms with Crippen LogP contribution >= 0.6 is 0 Å². The molecule has 0 radical (unpaired) electrons. The van der Waals surface area contributed by atoms with Gasteiger partial charge in [0.15, 0.2) is 6.67 Å². The van der Waals surface area contributed by atoms with Crippen molar-refractivity contribution in [1.29, 1.82) is 0 Å². The lowest BCUT2D eigenvalue weighted by atomic mass is 10.1. The van der Waals surface area contributed by atoms with Crippen molar-refractivity contribution in [1.82, 2.24) is 5.32 Å². The normalized spacial score (nSPS) is 11.8. The first-order chi connectivity index (χ1) is 8.60. The summed E-state index contributed by atoms with van der Waals surface area (Å²) in [5.74, 6) is 0.830.